The quantitative estimate of drug-likeness (QED) is 0.652. The standard InChI is InChI=1S/C28H34FN3O2/c29-23-12-14-24(15-13-23)30-28(34)31-16-4-5-17-32-25(18-31)27(26(32)19-33)22-10-8-21(9-11-22)20-6-2-1-3-7-20/h6,8-15,25-27,33H,1-5,7,16-19H2,(H,30,34)/t25-,26-,27+/m1/s1. The highest BCUT2D eigenvalue weighted by Crippen LogP contribution is 2.42. The molecule has 0 radical (unpaired) electrons. The fraction of sp³-hybridized carbons (Fsp3) is 0.464. The molecule has 180 valence electrons. The number of amides is 2. The highest BCUT2D eigenvalue weighted by Gasteiger charge is 2.49. The number of carbonyl (C=O) groups is 1. The number of benzene rings is 2. The van der Waals surface area contributed by atoms with Gasteiger partial charge in [-0.1, -0.05) is 30.3 Å². The molecule has 3 aliphatic rings. The van der Waals surface area contributed by atoms with Crippen molar-refractivity contribution in [1.29, 1.82) is 0 Å². The number of nitrogens with one attached hydrogen (secondary N) is 1. The first kappa shape index (κ1) is 23.1. The fourth-order valence-corrected chi connectivity index (χ4v) is 5.88. The first-order valence-corrected chi connectivity index (χ1v) is 12.6. The van der Waals surface area contributed by atoms with Crippen LogP contribution in [0.2, 0.25) is 0 Å². The molecule has 2 saturated heterocycles. The summed E-state index contributed by atoms with van der Waals surface area (Å²) in [5.41, 5.74) is 4.58. The smallest absolute Gasteiger partial charge is 0.321 e. The molecule has 2 aliphatic heterocycles. The second-order valence-electron chi connectivity index (χ2n) is 9.77. The maximum atomic E-state index is 13.2. The van der Waals surface area contributed by atoms with Crippen molar-refractivity contribution in [3.05, 3.63) is 71.6 Å². The molecule has 2 amide bonds. The van der Waals surface area contributed by atoms with Crippen LogP contribution in [0.1, 0.15) is 55.6 Å². The van der Waals surface area contributed by atoms with Crippen LogP contribution in [0.15, 0.2) is 54.6 Å². The molecule has 0 saturated carbocycles. The van der Waals surface area contributed by atoms with Gasteiger partial charge in [0.25, 0.3) is 0 Å². The predicted octanol–water partition coefficient (Wildman–Crippen LogP) is 5.24. The van der Waals surface area contributed by atoms with Crippen LogP contribution in [0.5, 0.6) is 0 Å². The van der Waals surface area contributed by atoms with Gasteiger partial charge < -0.3 is 15.3 Å². The van der Waals surface area contributed by atoms with Crippen molar-refractivity contribution in [3.8, 4) is 0 Å². The Morgan fingerprint density at radius 1 is 1.00 bits per heavy atom. The zero-order valence-electron chi connectivity index (χ0n) is 19.6. The molecule has 0 aromatic heterocycles. The number of hydrogen-bond donors (Lipinski definition) is 2. The van der Waals surface area contributed by atoms with Crippen molar-refractivity contribution in [2.24, 2.45) is 0 Å². The third-order valence-corrected chi connectivity index (χ3v) is 7.71. The van der Waals surface area contributed by atoms with Crippen molar-refractivity contribution in [1.82, 2.24) is 9.80 Å². The topological polar surface area (TPSA) is 55.8 Å². The van der Waals surface area contributed by atoms with Gasteiger partial charge in [0.1, 0.15) is 5.82 Å². The minimum atomic E-state index is -0.321. The summed E-state index contributed by atoms with van der Waals surface area (Å²) in [5.74, 6) is -0.128. The molecular weight excluding hydrogens is 429 g/mol. The van der Waals surface area contributed by atoms with Crippen LogP contribution in [-0.4, -0.2) is 59.3 Å². The van der Waals surface area contributed by atoms with Gasteiger partial charge in [-0.3, -0.25) is 4.90 Å². The van der Waals surface area contributed by atoms with Gasteiger partial charge in [0, 0.05) is 36.8 Å². The first-order valence-electron chi connectivity index (χ1n) is 12.6. The summed E-state index contributed by atoms with van der Waals surface area (Å²) in [5, 5.41) is 13.1. The summed E-state index contributed by atoms with van der Waals surface area (Å²) >= 11 is 0. The average molecular weight is 464 g/mol. The number of nitrogens with zero attached hydrogens (tertiary/aromatic N) is 2. The molecule has 2 fully saturated rings. The van der Waals surface area contributed by atoms with E-state index in [1.807, 2.05) is 4.90 Å². The van der Waals surface area contributed by atoms with Crippen molar-refractivity contribution < 1.29 is 14.3 Å². The number of allylic oxidation sites excluding steroid dienone is 2. The summed E-state index contributed by atoms with van der Waals surface area (Å²) in [6, 6.07) is 14.9. The summed E-state index contributed by atoms with van der Waals surface area (Å²) < 4.78 is 13.2. The van der Waals surface area contributed by atoms with Gasteiger partial charge in [-0.25, -0.2) is 9.18 Å². The lowest BCUT2D eigenvalue weighted by molar-refractivity contribution is -0.0585. The van der Waals surface area contributed by atoms with E-state index in [1.165, 1.54) is 48.1 Å². The Morgan fingerprint density at radius 2 is 1.76 bits per heavy atom. The normalized spacial score (nSPS) is 25.4. The van der Waals surface area contributed by atoms with Gasteiger partial charge in [0.05, 0.1) is 6.61 Å². The fourth-order valence-electron chi connectivity index (χ4n) is 5.88. The number of urea groups is 1. The number of aliphatic hydroxyl groups is 1. The van der Waals surface area contributed by atoms with Crippen LogP contribution in [0.3, 0.4) is 0 Å². The molecule has 6 heteroatoms. The van der Waals surface area contributed by atoms with E-state index in [1.54, 1.807) is 12.1 Å². The van der Waals surface area contributed by atoms with Gasteiger partial charge in [0.15, 0.2) is 0 Å². The molecule has 1 aliphatic carbocycles. The minimum Gasteiger partial charge on any atom is -0.395 e. The minimum absolute atomic E-state index is 0.0878. The van der Waals surface area contributed by atoms with Gasteiger partial charge in [-0.05, 0) is 86.0 Å². The Labute approximate surface area is 201 Å². The van der Waals surface area contributed by atoms with Gasteiger partial charge >= 0.3 is 6.03 Å². The molecule has 2 aromatic rings. The van der Waals surface area contributed by atoms with Crippen LogP contribution in [0.4, 0.5) is 14.9 Å². The largest absolute Gasteiger partial charge is 0.395 e. The summed E-state index contributed by atoms with van der Waals surface area (Å²) in [6.45, 7) is 2.38. The summed E-state index contributed by atoms with van der Waals surface area (Å²) in [6.07, 6.45) is 9.14. The van der Waals surface area contributed by atoms with Crippen molar-refractivity contribution in [3.63, 3.8) is 0 Å². The third-order valence-electron chi connectivity index (χ3n) is 7.71. The van der Waals surface area contributed by atoms with Crippen LogP contribution in [0.25, 0.3) is 5.57 Å². The van der Waals surface area contributed by atoms with Crippen LogP contribution < -0.4 is 5.32 Å². The van der Waals surface area contributed by atoms with E-state index >= 15 is 0 Å². The Kier molecular flexibility index (Phi) is 6.97. The van der Waals surface area contributed by atoms with Crippen molar-refractivity contribution in [2.45, 2.75) is 56.5 Å². The predicted molar refractivity (Wildman–Crippen MR) is 133 cm³/mol. The van der Waals surface area contributed by atoms with Crippen LogP contribution in [-0.2, 0) is 0 Å². The molecule has 0 spiro atoms. The molecule has 5 rings (SSSR count). The third kappa shape index (κ3) is 4.75. The number of carbonyl (C=O) groups excluding carboxylic acids is 1. The lowest BCUT2D eigenvalue weighted by Gasteiger charge is -2.57. The van der Waals surface area contributed by atoms with E-state index in [9.17, 15) is 14.3 Å². The summed E-state index contributed by atoms with van der Waals surface area (Å²) in [7, 11) is 0. The van der Waals surface area contributed by atoms with E-state index in [-0.39, 0.29) is 36.5 Å². The zero-order chi connectivity index (χ0) is 23.5. The van der Waals surface area contributed by atoms with Gasteiger partial charge in [-0.15, -0.1) is 0 Å². The van der Waals surface area contributed by atoms with E-state index in [4.69, 9.17) is 0 Å². The highest BCUT2D eigenvalue weighted by atomic mass is 19.1. The van der Waals surface area contributed by atoms with Crippen LogP contribution in [0, 0.1) is 5.82 Å². The number of halogens is 1. The maximum absolute atomic E-state index is 13.2. The molecule has 0 bridgehead atoms. The number of rotatable bonds is 4. The Bertz CT molecular complexity index is 1020. The molecule has 2 heterocycles. The molecular formula is C28H34FN3O2. The molecule has 3 atom stereocenters. The van der Waals surface area contributed by atoms with Gasteiger partial charge in [0.2, 0.25) is 0 Å². The number of fused-ring (bicyclic) bond motifs is 1. The maximum Gasteiger partial charge on any atom is 0.321 e. The Balaban J connectivity index is 1.32. The lowest BCUT2D eigenvalue weighted by Crippen LogP contribution is -2.68. The number of aliphatic hydroxyl groups excluding tert-OH is 1. The van der Waals surface area contributed by atoms with E-state index in [2.05, 4.69) is 40.6 Å². The molecule has 5 nitrogen and oxygen atoms in total. The summed E-state index contributed by atoms with van der Waals surface area (Å²) in [4.78, 5) is 17.3. The van der Waals surface area contributed by atoms with Crippen molar-refractivity contribution in [2.75, 3.05) is 31.6 Å². The SMILES string of the molecule is O=C(Nc1ccc(F)cc1)N1CCCCN2[C@H](CO)[C@@H](c3ccc(C4=CCCCC4)cc3)[C@H]2C1. The average Bonchev–Trinajstić information content (AvgIpc) is 2.85. The monoisotopic (exact) mass is 463 g/mol. The molecule has 0 unspecified atom stereocenters. The van der Waals surface area contributed by atoms with E-state index in [0.29, 0.717) is 18.8 Å². The molecule has 34 heavy (non-hydrogen) atoms. The van der Waals surface area contributed by atoms with E-state index in [0.717, 1.165) is 25.8 Å². The highest BCUT2D eigenvalue weighted by molar-refractivity contribution is 5.89. The number of anilines is 1. The lowest BCUT2D eigenvalue weighted by atomic mass is 9.74. The zero-order valence-corrected chi connectivity index (χ0v) is 19.6. The number of hydrogen-bond acceptors (Lipinski definition) is 3. The molecule has 2 N–H and O–H groups in total. The second kappa shape index (κ2) is 10.3. The van der Waals surface area contributed by atoms with Crippen molar-refractivity contribution >= 4 is 17.3 Å². The Morgan fingerprint density at radius 3 is 2.47 bits per heavy atom. The van der Waals surface area contributed by atoms with Gasteiger partial charge in [-0.2, -0.15) is 0 Å². The van der Waals surface area contributed by atoms with Crippen LogP contribution >= 0.6 is 0 Å². The second-order valence-corrected chi connectivity index (χ2v) is 9.77. The Hall–Kier alpha value is -2.70. The first-order chi connectivity index (χ1) is 16.6. The van der Waals surface area contributed by atoms with E-state index < -0.39 is 0 Å². The molecule has 2 aromatic carbocycles.